The normalized spacial score (nSPS) is 20.0. The van der Waals surface area contributed by atoms with E-state index in [-0.39, 0.29) is 12.1 Å². The van der Waals surface area contributed by atoms with E-state index in [1.165, 1.54) is 29.4 Å². The van der Waals surface area contributed by atoms with Gasteiger partial charge in [-0.1, -0.05) is 6.07 Å². The number of rotatable bonds is 7. The minimum absolute atomic E-state index is 0.0214. The molecule has 0 aliphatic carbocycles. The molecule has 3 heterocycles. The van der Waals surface area contributed by atoms with Crippen molar-refractivity contribution in [3.63, 3.8) is 0 Å². The van der Waals surface area contributed by atoms with Gasteiger partial charge in [-0.05, 0) is 64.3 Å². The summed E-state index contributed by atoms with van der Waals surface area (Å²) in [6.45, 7) is 6.54. The highest BCUT2D eigenvalue weighted by atomic mass is 19.1. The van der Waals surface area contributed by atoms with Gasteiger partial charge in [-0.2, -0.15) is 0 Å². The van der Waals surface area contributed by atoms with Crippen molar-refractivity contribution in [3.8, 4) is 17.1 Å². The lowest BCUT2D eigenvalue weighted by atomic mass is 9.97. The van der Waals surface area contributed by atoms with Gasteiger partial charge >= 0.3 is 0 Å². The minimum Gasteiger partial charge on any atom is -0.476 e. The molecule has 0 saturated carbocycles. The molecule has 0 spiro atoms. The first kappa shape index (κ1) is 24.5. The van der Waals surface area contributed by atoms with Crippen LogP contribution < -0.4 is 4.74 Å². The molecule has 0 bridgehead atoms. The van der Waals surface area contributed by atoms with Gasteiger partial charge in [0.15, 0.2) is 0 Å². The number of nitrogens with zero attached hydrogens (tertiary/aromatic N) is 4. The summed E-state index contributed by atoms with van der Waals surface area (Å²) < 4.78 is 34.3. The molecule has 2 saturated heterocycles. The number of aliphatic hydroxyl groups is 1. The van der Waals surface area contributed by atoms with Crippen LogP contribution in [0.4, 0.5) is 8.78 Å². The van der Waals surface area contributed by atoms with E-state index in [1.54, 1.807) is 19.9 Å². The molecule has 0 radical (unpaired) electrons. The molecule has 1 N–H and O–H groups in total. The Balaban J connectivity index is 1.30. The highest BCUT2D eigenvalue weighted by Gasteiger charge is 2.28. The van der Waals surface area contributed by atoms with Crippen LogP contribution in [0.3, 0.4) is 0 Å². The van der Waals surface area contributed by atoms with Crippen molar-refractivity contribution < 1.29 is 23.4 Å². The van der Waals surface area contributed by atoms with Crippen LogP contribution in [-0.4, -0.2) is 81.9 Å². The fourth-order valence-electron chi connectivity index (χ4n) is 4.53. The highest BCUT2D eigenvalue weighted by molar-refractivity contribution is 5.95. The Morgan fingerprint density at radius 3 is 2.53 bits per heavy atom. The molecular weight excluding hydrogens is 442 g/mol. The Kier molecular flexibility index (Phi) is 7.42. The molecule has 1 amide bonds. The number of hydrogen-bond donors (Lipinski definition) is 1. The fourth-order valence-corrected chi connectivity index (χ4v) is 4.53. The SMILES string of the molecule is CC(C)(F)CN1CCC(COc2cnc(-c3ccc(C(=O)N4CC[C@H](O)C4)c(F)c3)cn2)CC1. The van der Waals surface area contributed by atoms with E-state index in [2.05, 4.69) is 14.9 Å². The number of piperidine rings is 1. The number of halogens is 2. The van der Waals surface area contributed by atoms with Crippen molar-refractivity contribution in [2.75, 3.05) is 39.3 Å². The monoisotopic (exact) mass is 474 g/mol. The average molecular weight is 475 g/mol. The second-order valence-electron chi connectivity index (χ2n) is 9.88. The predicted molar refractivity (Wildman–Crippen MR) is 124 cm³/mol. The molecule has 2 fully saturated rings. The molecule has 2 aliphatic heterocycles. The van der Waals surface area contributed by atoms with Crippen molar-refractivity contribution in [1.82, 2.24) is 19.8 Å². The van der Waals surface area contributed by atoms with E-state index in [4.69, 9.17) is 4.74 Å². The van der Waals surface area contributed by atoms with Gasteiger partial charge in [0.1, 0.15) is 11.5 Å². The number of carbonyl (C=O) groups excluding carboxylic acids is 1. The third kappa shape index (κ3) is 6.27. The quantitative estimate of drug-likeness (QED) is 0.663. The largest absolute Gasteiger partial charge is 0.476 e. The standard InChI is InChI=1S/C25H32F2N4O3/c1-25(2,27)16-30-8-5-17(6-9-30)15-34-23-13-28-22(12-29-23)18-3-4-20(21(26)11-18)24(33)31-10-7-19(32)14-31/h3-4,11-13,17,19,32H,5-10,14-16H2,1-2H3/t19-/m0/s1. The molecule has 4 rings (SSSR count). The van der Waals surface area contributed by atoms with Gasteiger partial charge in [0.25, 0.3) is 5.91 Å². The first-order valence-corrected chi connectivity index (χ1v) is 11.8. The van der Waals surface area contributed by atoms with E-state index in [0.717, 1.165) is 25.9 Å². The van der Waals surface area contributed by atoms with Crippen LogP contribution in [-0.2, 0) is 0 Å². The summed E-state index contributed by atoms with van der Waals surface area (Å²) in [6.07, 6.45) is 4.88. The summed E-state index contributed by atoms with van der Waals surface area (Å²) in [5.74, 6) is -0.268. The average Bonchev–Trinajstić information content (AvgIpc) is 3.24. The number of aromatic nitrogens is 2. The van der Waals surface area contributed by atoms with Crippen molar-refractivity contribution in [1.29, 1.82) is 0 Å². The van der Waals surface area contributed by atoms with E-state index >= 15 is 0 Å². The van der Waals surface area contributed by atoms with Gasteiger partial charge in [0.2, 0.25) is 5.88 Å². The van der Waals surface area contributed by atoms with Crippen LogP contribution in [0.5, 0.6) is 5.88 Å². The van der Waals surface area contributed by atoms with Crippen LogP contribution in [0, 0.1) is 11.7 Å². The second-order valence-corrected chi connectivity index (χ2v) is 9.88. The van der Waals surface area contributed by atoms with Gasteiger partial charge in [-0.3, -0.25) is 4.79 Å². The Labute approximate surface area is 198 Å². The van der Waals surface area contributed by atoms with Gasteiger partial charge in [-0.25, -0.2) is 18.7 Å². The fraction of sp³-hybridized carbons (Fsp3) is 0.560. The van der Waals surface area contributed by atoms with Crippen LogP contribution in [0.2, 0.25) is 0 Å². The number of likely N-dealkylation sites (tertiary alicyclic amines) is 2. The highest BCUT2D eigenvalue weighted by Crippen LogP contribution is 2.24. The maximum atomic E-state index is 14.7. The van der Waals surface area contributed by atoms with E-state index < -0.39 is 23.5 Å². The summed E-state index contributed by atoms with van der Waals surface area (Å²) in [5.41, 5.74) is -0.217. The zero-order chi connectivity index (χ0) is 24.3. The number of β-amino-alcohol motifs (C(OH)–C–C–N with tert-alkyl or cyclic N) is 1. The molecule has 2 aromatic rings. The summed E-state index contributed by atoms with van der Waals surface area (Å²) in [4.78, 5) is 24.7. The van der Waals surface area contributed by atoms with E-state index in [0.29, 0.717) is 49.2 Å². The zero-order valence-electron chi connectivity index (χ0n) is 19.7. The van der Waals surface area contributed by atoms with Crippen molar-refractivity contribution >= 4 is 5.91 Å². The number of carbonyl (C=O) groups is 1. The van der Waals surface area contributed by atoms with E-state index in [9.17, 15) is 18.7 Å². The van der Waals surface area contributed by atoms with Gasteiger partial charge in [0.05, 0.1) is 36.4 Å². The predicted octanol–water partition coefficient (Wildman–Crippen LogP) is 3.33. The van der Waals surface area contributed by atoms with Gasteiger partial charge < -0.3 is 19.6 Å². The maximum absolute atomic E-state index is 14.7. The van der Waals surface area contributed by atoms with E-state index in [1.807, 2.05) is 0 Å². The maximum Gasteiger partial charge on any atom is 0.256 e. The van der Waals surface area contributed by atoms with Crippen LogP contribution in [0.15, 0.2) is 30.6 Å². The van der Waals surface area contributed by atoms with Crippen LogP contribution in [0.25, 0.3) is 11.3 Å². The molecule has 2 aliphatic rings. The molecule has 184 valence electrons. The first-order valence-electron chi connectivity index (χ1n) is 11.8. The molecule has 34 heavy (non-hydrogen) atoms. The Morgan fingerprint density at radius 1 is 1.18 bits per heavy atom. The first-order chi connectivity index (χ1) is 16.2. The lowest BCUT2D eigenvalue weighted by Gasteiger charge is -2.34. The Morgan fingerprint density at radius 2 is 1.94 bits per heavy atom. The van der Waals surface area contributed by atoms with Crippen LogP contribution >= 0.6 is 0 Å². The minimum atomic E-state index is -1.18. The number of ether oxygens (including phenoxy) is 1. The summed E-state index contributed by atoms with van der Waals surface area (Å²) in [7, 11) is 0. The van der Waals surface area contributed by atoms with Crippen molar-refractivity contribution in [2.24, 2.45) is 5.92 Å². The van der Waals surface area contributed by atoms with Gasteiger partial charge in [0, 0.05) is 25.2 Å². The third-order valence-corrected chi connectivity index (χ3v) is 6.35. The summed E-state index contributed by atoms with van der Waals surface area (Å²) in [6, 6.07) is 4.36. The lowest BCUT2D eigenvalue weighted by molar-refractivity contribution is 0.0760. The molecule has 7 nitrogen and oxygen atoms in total. The molecule has 1 aromatic carbocycles. The topological polar surface area (TPSA) is 78.8 Å². The Hall–Kier alpha value is -2.65. The Bertz CT molecular complexity index is 989. The zero-order valence-corrected chi connectivity index (χ0v) is 19.7. The van der Waals surface area contributed by atoms with Crippen LogP contribution in [0.1, 0.15) is 43.5 Å². The third-order valence-electron chi connectivity index (χ3n) is 6.35. The van der Waals surface area contributed by atoms with Crippen molar-refractivity contribution in [2.45, 2.75) is 44.9 Å². The van der Waals surface area contributed by atoms with Crippen molar-refractivity contribution in [3.05, 3.63) is 42.0 Å². The number of alkyl halides is 1. The number of benzene rings is 1. The molecule has 0 unspecified atom stereocenters. The molecular formula is C25H32F2N4O3. The number of amides is 1. The van der Waals surface area contributed by atoms with Gasteiger partial charge in [-0.15, -0.1) is 0 Å². The molecule has 9 heteroatoms. The summed E-state index contributed by atoms with van der Waals surface area (Å²) in [5, 5.41) is 9.61. The number of aliphatic hydroxyl groups excluding tert-OH is 1. The molecule has 1 aromatic heterocycles. The number of hydrogen-bond acceptors (Lipinski definition) is 6. The second kappa shape index (κ2) is 10.3. The summed E-state index contributed by atoms with van der Waals surface area (Å²) >= 11 is 0. The molecule has 1 atom stereocenters. The lowest BCUT2D eigenvalue weighted by Crippen LogP contribution is -2.41. The smallest absolute Gasteiger partial charge is 0.256 e.